The average molecular weight is 490 g/mol. The van der Waals surface area contributed by atoms with Gasteiger partial charge in [-0.2, -0.15) is 5.10 Å². The van der Waals surface area contributed by atoms with Crippen LogP contribution in [0.4, 0.5) is 23.7 Å². The second-order valence-electron chi connectivity index (χ2n) is 8.38. The predicted molar refractivity (Wildman–Crippen MR) is 117 cm³/mol. The maximum Gasteiger partial charge on any atom is 0.575 e. The smallest absolute Gasteiger partial charge is 0.442 e. The lowest BCUT2D eigenvalue weighted by Gasteiger charge is -2.16. The van der Waals surface area contributed by atoms with Crippen molar-refractivity contribution < 1.29 is 36.7 Å². The predicted octanol–water partition coefficient (Wildman–Crippen LogP) is 4.19. The number of rotatable bonds is 5. The Morgan fingerprint density at radius 1 is 1.31 bits per heavy atom. The zero-order valence-electron chi connectivity index (χ0n) is 18.6. The minimum atomic E-state index is -4.85. The Labute approximate surface area is 197 Å². The highest BCUT2D eigenvalue weighted by Gasteiger charge is 2.34. The molecule has 2 amide bonds. The molecular weight excluding hydrogens is 469 g/mol. The molecule has 12 heteroatoms. The monoisotopic (exact) mass is 490 g/mol. The Bertz CT molecular complexity index is 1280. The van der Waals surface area contributed by atoms with Crippen molar-refractivity contribution in [3.8, 4) is 28.5 Å². The number of nitrogens with zero attached hydrogens (tertiary/aromatic N) is 2. The number of hydrogen-bond donors (Lipinski definition) is 2. The molecule has 1 saturated heterocycles. The van der Waals surface area contributed by atoms with E-state index in [9.17, 15) is 22.8 Å². The number of benzene rings is 1. The van der Waals surface area contributed by atoms with Gasteiger partial charge in [-0.1, -0.05) is 6.07 Å². The van der Waals surface area contributed by atoms with Crippen molar-refractivity contribution in [2.45, 2.75) is 38.7 Å². The molecule has 2 N–H and O–H groups in total. The van der Waals surface area contributed by atoms with Gasteiger partial charge in [-0.15, -0.1) is 13.2 Å². The number of hydrogen-bond acceptors (Lipinski definition) is 6. The first-order chi connectivity index (χ1) is 16.7. The molecule has 5 rings (SSSR count). The highest BCUT2D eigenvalue weighted by molar-refractivity contribution is 5.91. The molecule has 1 fully saturated rings. The molecule has 0 spiro atoms. The fourth-order valence-corrected chi connectivity index (χ4v) is 4.43. The molecule has 1 aromatic carbocycles. The zero-order chi connectivity index (χ0) is 24.7. The SMILES string of the molecule is CC(=O)NCC1CN(c2ccc3c(c2)CCCc2c(-c4coc(OC(F)(F)F)c4)n[nH]c2-3)C(=O)O1. The maximum atomic E-state index is 12.5. The van der Waals surface area contributed by atoms with Crippen LogP contribution in [0.5, 0.6) is 5.95 Å². The van der Waals surface area contributed by atoms with Gasteiger partial charge >= 0.3 is 12.5 Å². The third-order valence-corrected chi connectivity index (χ3v) is 5.93. The molecule has 2 aromatic heterocycles. The van der Waals surface area contributed by atoms with Crippen LogP contribution in [-0.2, 0) is 22.4 Å². The largest absolute Gasteiger partial charge is 0.575 e. The van der Waals surface area contributed by atoms with Gasteiger partial charge in [0, 0.05) is 35.4 Å². The van der Waals surface area contributed by atoms with E-state index in [1.165, 1.54) is 18.1 Å². The summed E-state index contributed by atoms with van der Waals surface area (Å²) in [7, 11) is 0. The first-order valence-electron chi connectivity index (χ1n) is 11.0. The van der Waals surface area contributed by atoms with Gasteiger partial charge in [-0.25, -0.2) is 4.79 Å². The number of amides is 2. The van der Waals surface area contributed by atoms with Crippen LogP contribution in [0.3, 0.4) is 0 Å². The van der Waals surface area contributed by atoms with E-state index in [0.29, 0.717) is 29.9 Å². The summed E-state index contributed by atoms with van der Waals surface area (Å²) in [6, 6.07) is 6.79. The first kappa shape index (κ1) is 22.8. The first-order valence-corrected chi connectivity index (χ1v) is 11.0. The average Bonchev–Trinajstić information content (AvgIpc) is 3.47. The van der Waals surface area contributed by atoms with Crippen molar-refractivity contribution in [2.75, 3.05) is 18.0 Å². The molecule has 2 aliphatic rings. The van der Waals surface area contributed by atoms with Crippen molar-refractivity contribution in [1.82, 2.24) is 15.5 Å². The Morgan fingerprint density at radius 2 is 2.14 bits per heavy atom. The molecule has 1 atom stereocenters. The second-order valence-corrected chi connectivity index (χ2v) is 8.38. The fraction of sp³-hybridized carbons (Fsp3) is 0.348. The molecule has 3 heterocycles. The van der Waals surface area contributed by atoms with Gasteiger partial charge in [0.1, 0.15) is 12.4 Å². The lowest BCUT2D eigenvalue weighted by Crippen LogP contribution is -2.33. The van der Waals surface area contributed by atoms with Crippen molar-refractivity contribution in [1.29, 1.82) is 0 Å². The summed E-state index contributed by atoms with van der Waals surface area (Å²) in [6.07, 6.45) is -2.42. The van der Waals surface area contributed by atoms with E-state index in [1.807, 2.05) is 18.2 Å². The summed E-state index contributed by atoms with van der Waals surface area (Å²) in [5, 5.41) is 10.00. The lowest BCUT2D eigenvalue weighted by molar-refractivity contribution is -0.280. The molecule has 1 unspecified atom stereocenters. The minimum Gasteiger partial charge on any atom is -0.442 e. The highest BCUT2D eigenvalue weighted by atomic mass is 19.4. The quantitative estimate of drug-likeness (QED) is 0.555. The molecule has 184 valence electrons. The Hall–Kier alpha value is -3.96. The minimum absolute atomic E-state index is 0.196. The molecule has 1 aliphatic heterocycles. The summed E-state index contributed by atoms with van der Waals surface area (Å²) < 4.78 is 51.6. The van der Waals surface area contributed by atoms with Crippen LogP contribution in [0.25, 0.3) is 22.5 Å². The standard InChI is InChI=1S/C23H21F3N4O5/c1-12(31)27-9-16-10-30(22(32)34-16)15-5-6-17-13(7-15)3-2-4-18-20(28-29-21(17)18)14-8-19(33-11-14)35-23(24,25)26/h5-8,11,16H,2-4,9-10H2,1H3,(H,27,31)(H,28,29). The van der Waals surface area contributed by atoms with E-state index >= 15 is 0 Å². The van der Waals surface area contributed by atoms with Crippen LogP contribution in [-0.4, -0.2) is 47.8 Å². The number of H-pyrrole nitrogens is 1. The molecular formula is C23H21F3N4O5. The number of aromatic amines is 1. The summed E-state index contributed by atoms with van der Waals surface area (Å²) >= 11 is 0. The topological polar surface area (TPSA) is 110 Å². The molecule has 35 heavy (non-hydrogen) atoms. The third kappa shape index (κ3) is 4.68. The Balaban J connectivity index is 1.40. The number of anilines is 1. The lowest BCUT2D eigenvalue weighted by atomic mass is 10.00. The van der Waals surface area contributed by atoms with Gasteiger partial charge in [0.15, 0.2) is 0 Å². The summed E-state index contributed by atoms with van der Waals surface area (Å²) in [5.74, 6) is -0.851. The van der Waals surface area contributed by atoms with Crippen LogP contribution < -0.4 is 15.0 Å². The van der Waals surface area contributed by atoms with E-state index in [2.05, 4.69) is 20.3 Å². The van der Waals surface area contributed by atoms with Gasteiger partial charge < -0.3 is 19.2 Å². The number of ether oxygens (including phenoxy) is 2. The van der Waals surface area contributed by atoms with E-state index in [0.717, 1.165) is 41.3 Å². The molecule has 3 aromatic rings. The van der Waals surface area contributed by atoms with Gasteiger partial charge in [-0.05, 0) is 37.0 Å². The molecule has 0 saturated carbocycles. The van der Waals surface area contributed by atoms with Gasteiger partial charge in [0.25, 0.3) is 5.95 Å². The van der Waals surface area contributed by atoms with Gasteiger partial charge in [0.05, 0.1) is 24.5 Å². The number of cyclic esters (lactones) is 1. The number of carbonyl (C=O) groups excluding carboxylic acids is 2. The van der Waals surface area contributed by atoms with Crippen LogP contribution >= 0.6 is 0 Å². The van der Waals surface area contributed by atoms with E-state index in [4.69, 9.17) is 9.15 Å². The second kappa shape index (κ2) is 8.67. The van der Waals surface area contributed by atoms with Crippen LogP contribution in [0, 0.1) is 0 Å². The molecule has 1 aliphatic carbocycles. The summed E-state index contributed by atoms with van der Waals surface area (Å²) in [6.45, 7) is 1.96. The number of halogens is 3. The summed E-state index contributed by atoms with van der Waals surface area (Å²) in [4.78, 5) is 25.1. The number of fused-ring (bicyclic) bond motifs is 3. The number of nitrogens with one attached hydrogen (secondary N) is 2. The van der Waals surface area contributed by atoms with Gasteiger partial charge in [0.2, 0.25) is 5.91 Å². The van der Waals surface area contributed by atoms with Crippen molar-refractivity contribution in [3.05, 3.63) is 41.7 Å². The van der Waals surface area contributed by atoms with Crippen molar-refractivity contribution in [3.63, 3.8) is 0 Å². The van der Waals surface area contributed by atoms with E-state index < -0.39 is 24.5 Å². The van der Waals surface area contributed by atoms with E-state index in [-0.39, 0.29) is 12.5 Å². The van der Waals surface area contributed by atoms with Crippen LogP contribution in [0.15, 0.2) is 34.9 Å². The normalized spacial score (nSPS) is 17.4. The molecule has 0 bridgehead atoms. The van der Waals surface area contributed by atoms with Crippen LogP contribution in [0.2, 0.25) is 0 Å². The maximum absolute atomic E-state index is 12.5. The van der Waals surface area contributed by atoms with Crippen molar-refractivity contribution >= 4 is 17.7 Å². The molecule has 9 nitrogen and oxygen atoms in total. The molecule has 0 radical (unpaired) electrons. The van der Waals surface area contributed by atoms with E-state index in [1.54, 1.807) is 0 Å². The highest BCUT2D eigenvalue weighted by Crippen LogP contribution is 2.39. The fourth-order valence-electron chi connectivity index (χ4n) is 4.43. The number of aryl methyl sites for hydroxylation is 1. The Morgan fingerprint density at radius 3 is 2.91 bits per heavy atom. The van der Waals surface area contributed by atoms with Crippen molar-refractivity contribution in [2.24, 2.45) is 0 Å². The van der Waals surface area contributed by atoms with Gasteiger partial charge in [-0.3, -0.25) is 14.8 Å². The Kier molecular flexibility index (Phi) is 5.65. The number of furan rings is 1. The number of alkyl halides is 3. The summed E-state index contributed by atoms with van der Waals surface area (Å²) in [5.41, 5.74) is 5.11. The zero-order valence-corrected chi connectivity index (χ0v) is 18.6. The number of carbonyl (C=O) groups is 2. The van der Waals surface area contributed by atoms with Crippen LogP contribution in [0.1, 0.15) is 24.5 Å². The third-order valence-electron chi connectivity index (χ3n) is 5.93. The number of aromatic nitrogens is 2.